The molecule has 0 aliphatic heterocycles. The van der Waals surface area contributed by atoms with Crippen molar-refractivity contribution in [2.45, 2.75) is 46.6 Å². The Hall–Kier alpha value is -1.22. The SMILES string of the molecule is CCCC(C)(CNC(C)C)CN(C)c1ccccc1OC. The second kappa shape index (κ2) is 8.28. The minimum atomic E-state index is 0.259. The van der Waals surface area contributed by atoms with Gasteiger partial charge in [-0.3, -0.25) is 0 Å². The van der Waals surface area contributed by atoms with Gasteiger partial charge in [-0.2, -0.15) is 0 Å². The predicted octanol–water partition coefficient (Wildman–Crippen LogP) is 3.94. The summed E-state index contributed by atoms with van der Waals surface area (Å²) in [7, 11) is 3.89. The summed E-state index contributed by atoms with van der Waals surface area (Å²) in [5.74, 6) is 0.940. The van der Waals surface area contributed by atoms with Gasteiger partial charge in [-0.05, 0) is 24.0 Å². The van der Waals surface area contributed by atoms with E-state index in [0.29, 0.717) is 6.04 Å². The quantitative estimate of drug-likeness (QED) is 0.746. The zero-order valence-electron chi connectivity index (χ0n) is 14.6. The van der Waals surface area contributed by atoms with Gasteiger partial charge in [0.2, 0.25) is 0 Å². The number of anilines is 1. The third-order valence-corrected chi connectivity index (χ3v) is 3.91. The van der Waals surface area contributed by atoms with Crippen LogP contribution >= 0.6 is 0 Å². The molecule has 0 fully saturated rings. The van der Waals surface area contributed by atoms with Gasteiger partial charge in [0.05, 0.1) is 12.8 Å². The Kier molecular flexibility index (Phi) is 7.03. The van der Waals surface area contributed by atoms with E-state index < -0.39 is 0 Å². The lowest BCUT2D eigenvalue weighted by Crippen LogP contribution is -2.43. The maximum atomic E-state index is 5.48. The van der Waals surface area contributed by atoms with Crippen LogP contribution in [0.4, 0.5) is 5.69 Å². The highest BCUT2D eigenvalue weighted by Crippen LogP contribution is 2.31. The molecule has 0 radical (unpaired) electrons. The largest absolute Gasteiger partial charge is 0.495 e. The van der Waals surface area contributed by atoms with Gasteiger partial charge < -0.3 is 15.0 Å². The van der Waals surface area contributed by atoms with Crippen LogP contribution in [0.1, 0.15) is 40.5 Å². The number of hydrogen-bond donors (Lipinski definition) is 1. The van der Waals surface area contributed by atoms with Crippen molar-refractivity contribution < 1.29 is 4.74 Å². The fourth-order valence-electron chi connectivity index (χ4n) is 2.88. The molecule has 0 aliphatic rings. The monoisotopic (exact) mass is 292 g/mol. The van der Waals surface area contributed by atoms with E-state index in [1.54, 1.807) is 7.11 Å². The average molecular weight is 292 g/mol. The van der Waals surface area contributed by atoms with Gasteiger partial charge in [-0.15, -0.1) is 0 Å². The van der Waals surface area contributed by atoms with E-state index in [4.69, 9.17) is 4.74 Å². The van der Waals surface area contributed by atoms with E-state index in [1.165, 1.54) is 12.8 Å². The maximum Gasteiger partial charge on any atom is 0.142 e. The van der Waals surface area contributed by atoms with Crippen LogP contribution in [0.3, 0.4) is 0 Å². The van der Waals surface area contributed by atoms with E-state index in [2.05, 4.69) is 57.1 Å². The fourth-order valence-corrected chi connectivity index (χ4v) is 2.88. The smallest absolute Gasteiger partial charge is 0.142 e. The van der Waals surface area contributed by atoms with E-state index in [1.807, 2.05) is 12.1 Å². The summed E-state index contributed by atoms with van der Waals surface area (Å²) in [6.07, 6.45) is 2.42. The number of nitrogens with one attached hydrogen (secondary N) is 1. The van der Waals surface area contributed by atoms with E-state index in [9.17, 15) is 0 Å². The third kappa shape index (κ3) is 5.58. The lowest BCUT2D eigenvalue weighted by molar-refractivity contribution is 0.275. The molecule has 0 amide bonds. The Balaban J connectivity index is 2.82. The highest BCUT2D eigenvalue weighted by molar-refractivity contribution is 5.58. The fraction of sp³-hybridized carbons (Fsp3) is 0.667. The second-order valence-corrected chi connectivity index (χ2v) is 6.62. The van der Waals surface area contributed by atoms with Crippen molar-refractivity contribution in [1.29, 1.82) is 0 Å². The number of hydrogen-bond acceptors (Lipinski definition) is 3. The summed E-state index contributed by atoms with van der Waals surface area (Å²) in [6.45, 7) is 11.1. The van der Waals surface area contributed by atoms with Crippen LogP contribution in [0.5, 0.6) is 5.75 Å². The summed E-state index contributed by atoms with van der Waals surface area (Å²) in [4.78, 5) is 2.32. The van der Waals surface area contributed by atoms with Crippen LogP contribution in [-0.4, -0.2) is 33.3 Å². The Morgan fingerprint density at radius 2 is 1.95 bits per heavy atom. The Morgan fingerprint density at radius 1 is 1.29 bits per heavy atom. The number of benzene rings is 1. The molecule has 0 saturated heterocycles. The molecule has 1 unspecified atom stereocenters. The highest BCUT2D eigenvalue weighted by Gasteiger charge is 2.26. The van der Waals surface area contributed by atoms with Gasteiger partial charge in [0.25, 0.3) is 0 Å². The number of methoxy groups -OCH3 is 1. The van der Waals surface area contributed by atoms with Crippen LogP contribution in [0.15, 0.2) is 24.3 Å². The Labute approximate surface area is 130 Å². The summed E-state index contributed by atoms with van der Waals surface area (Å²) in [6, 6.07) is 8.76. The third-order valence-electron chi connectivity index (χ3n) is 3.91. The number of ether oxygens (including phenoxy) is 1. The molecule has 1 aromatic carbocycles. The van der Waals surface area contributed by atoms with Crippen molar-refractivity contribution in [1.82, 2.24) is 5.32 Å². The van der Waals surface area contributed by atoms with Gasteiger partial charge in [-0.25, -0.2) is 0 Å². The summed E-state index contributed by atoms with van der Waals surface area (Å²) in [5.41, 5.74) is 1.42. The molecule has 0 bridgehead atoms. The molecule has 21 heavy (non-hydrogen) atoms. The number of nitrogens with zero attached hydrogens (tertiary/aromatic N) is 1. The van der Waals surface area contributed by atoms with Crippen molar-refractivity contribution in [3.8, 4) is 5.75 Å². The van der Waals surface area contributed by atoms with Gasteiger partial charge in [0, 0.05) is 26.2 Å². The van der Waals surface area contributed by atoms with E-state index >= 15 is 0 Å². The maximum absolute atomic E-state index is 5.48. The number of rotatable bonds is 9. The molecule has 0 spiro atoms. The first kappa shape index (κ1) is 17.8. The number of para-hydroxylation sites is 2. The molecule has 1 N–H and O–H groups in total. The molecule has 3 nitrogen and oxygen atoms in total. The summed E-state index contributed by atoms with van der Waals surface area (Å²) < 4.78 is 5.48. The van der Waals surface area contributed by atoms with Gasteiger partial charge >= 0.3 is 0 Å². The first-order valence-electron chi connectivity index (χ1n) is 7.99. The molecular weight excluding hydrogens is 260 g/mol. The Morgan fingerprint density at radius 3 is 2.52 bits per heavy atom. The van der Waals surface area contributed by atoms with Crippen LogP contribution < -0.4 is 15.0 Å². The predicted molar refractivity (Wildman–Crippen MR) is 92.4 cm³/mol. The molecule has 0 saturated carbocycles. The van der Waals surface area contributed by atoms with E-state index in [-0.39, 0.29) is 5.41 Å². The lowest BCUT2D eigenvalue weighted by atomic mass is 9.84. The minimum absolute atomic E-state index is 0.259. The van der Waals surface area contributed by atoms with Crippen molar-refractivity contribution in [2.24, 2.45) is 5.41 Å². The first-order chi connectivity index (χ1) is 9.91. The molecule has 0 heterocycles. The molecule has 0 aromatic heterocycles. The van der Waals surface area contributed by atoms with Crippen LogP contribution in [0, 0.1) is 5.41 Å². The van der Waals surface area contributed by atoms with Crippen LogP contribution in [-0.2, 0) is 0 Å². The van der Waals surface area contributed by atoms with Gasteiger partial charge in [0.1, 0.15) is 5.75 Å². The average Bonchev–Trinajstić information content (AvgIpc) is 2.45. The first-order valence-corrected chi connectivity index (χ1v) is 7.99. The summed E-state index contributed by atoms with van der Waals surface area (Å²) >= 11 is 0. The normalized spacial score (nSPS) is 14.0. The van der Waals surface area contributed by atoms with Crippen LogP contribution in [0.2, 0.25) is 0 Å². The van der Waals surface area contributed by atoms with Crippen molar-refractivity contribution in [3.63, 3.8) is 0 Å². The van der Waals surface area contributed by atoms with E-state index in [0.717, 1.165) is 24.5 Å². The van der Waals surface area contributed by atoms with Crippen molar-refractivity contribution in [3.05, 3.63) is 24.3 Å². The molecule has 0 aliphatic carbocycles. The molecule has 1 rings (SSSR count). The molecule has 3 heteroatoms. The molecule has 120 valence electrons. The highest BCUT2D eigenvalue weighted by atomic mass is 16.5. The minimum Gasteiger partial charge on any atom is -0.495 e. The topological polar surface area (TPSA) is 24.5 Å². The molecule has 1 atom stereocenters. The molecule has 1 aromatic rings. The van der Waals surface area contributed by atoms with Crippen molar-refractivity contribution in [2.75, 3.05) is 32.1 Å². The van der Waals surface area contributed by atoms with Crippen LogP contribution in [0.25, 0.3) is 0 Å². The van der Waals surface area contributed by atoms with Crippen molar-refractivity contribution >= 4 is 5.69 Å². The Bertz CT molecular complexity index is 419. The zero-order valence-corrected chi connectivity index (χ0v) is 14.6. The van der Waals surface area contributed by atoms with Gasteiger partial charge in [0.15, 0.2) is 0 Å². The standard InChI is InChI=1S/C18H32N2O/c1-7-12-18(4,13-19-15(2)3)14-20(5)16-10-8-9-11-17(16)21-6/h8-11,15,19H,7,12-14H2,1-6H3. The summed E-state index contributed by atoms with van der Waals surface area (Å²) in [5, 5.41) is 3.60. The van der Waals surface area contributed by atoms with Gasteiger partial charge in [-0.1, -0.05) is 46.2 Å². The molecular formula is C18H32N2O. The lowest BCUT2D eigenvalue weighted by Gasteiger charge is -2.36. The second-order valence-electron chi connectivity index (χ2n) is 6.62. The zero-order chi connectivity index (χ0) is 15.9.